The molecule has 0 bridgehead atoms. The number of carbonyl (C=O) groups is 1. The number of benzene rings is 1. The minimum absolute atomic E-state index is 0.0859. The van der Waals surface area contributed by atoms with E-state index < -0.39 is 0 Å². The Kier molecular flexibility index (Phi) is 4.15. The van der Waals surface area contributed by atoms with Crippen LogP contribution in [-0.4, -0.2) is 29.9 Å². The topological polar surface area (TPSA) is 46.3 Å². The molecule has 3 nitrogen and oxygen atoms in total. The summed E-state index contributed by atoms with van der Waals surface area (Å²) in [5.41, 5.74) is 6.79. The van der Waals surface area contributed by atoms with E-state index in [0.29, 0.717) is 28.9 Å². The van der Waals surface area contributed by atoms with E-state index in [1.807, 2.05) is 11.0 Å². The van der Waals surface area contributed by atoms with Crippen LogP contribution in [0.25, 0.3) is 0 Å². The highest BCUT2D eigenvalue weighted by Crippen LogP contribution is 2.23. The largest absolute Gasteiger partial charge is 0.341 e. The van der Waals surface area contributed by atoms with E-state index in [4.69, 9.17) is 28.9 Å². The van der Waals surface area contributed by atoms with Crippen molar-refractivity contribution in [2.45, 2.75) is 19.4 Å². The van der Waals surface area contributed by atoms with Gasteiger partial charge in [-0.15, -0.1) is 0 Å². The fraction of sp³-hybridized carbons (Fsp3) is 0.462. The predicted molar refractivity (Wildman–Crippen MR) is 73.9 cm³/mol. The number of hydrogen-bond donors (Lipinski definition) is 1. The Morgan fingerprint density at radius 2 is 2.11 bits per heavy atom. The summed E-state index contributed by atoms with van der Waals surface area (Å²) in [6.07, 6.45) is 0.344. The zero-order valence-corrected chi connectivity index (χ0v) is 11.7. The third-order valence-corrected chi connectivity index (χ3v) is 4.10. The second kappa shape index (κ2) is 5.47. The quantitative estimate of drug-likeness (QED) is 0.907. The molecule has 18 heavy (non-hydrogen) atoms. The van der Waals surface area contributed by atoms with Crippen LogP contribution in [0.5, 0.6) is 0 Å². The van der Waals surface area contributed by atoms with E-state index in [0.717, 1.165) is 12.1 Å². The molecule has 0 aliphatic carbocycles. The number of rotatable bonds is 2. The summed E-state index contributed by atoms with van der Waals surface area (Å²) in [5.74, 6) is 0.455. The number of amides is 1. The second-order valence-electron chi connectivity index (χ2n) is 4.87. The zero-order valence-electron chi connectivity index (χ0n) is 10.2. The average molecular weight is 287 g/mol. The Balaban J connectivity index is 2.01. The van der Waals surface area contributed by atoms with Gasteiger partial charge >= 0.3 is 0 Å². The summed E-state index contributed by atoms with van der Waals surface area (Å²) in [5, 5.41) is 0.984. The first kappa shape index (κ1) is 13.7. The lowest BCUT2D eigenvalue weighted by atomic mass is 10.1. The minimum atomic E-state index is 0.0859. The number of nitrogens with two attached hydrogens (primary N) is 1. The molecule has 0 aromatic heterocycles. The Morgan fingerprint density at radius 1 is 1.39 bits per heavy atom. The Morgan fingerprint density at radius 3 is 2.67 bits per heavy atom. The lowest BCUT2D eigenvalue weighted by Crippen LogP contribution is -2.33. The number of hydrogen-bond acceptors (Lipinski definition) is 2. The van der Waals surface area contributed by atoms with E-state index in [-0.39, 0.29) is 11.9 Å². The monoisotopic (exact) mass is 286 g/mol. The molecule has 1 aromatic carbocycles. The highest BCUT2D eigenvalue weighted by atomic mass is 35.5. The van der Waals surface area contributed by atoms with Crippen molar-refractivity contribution < 1.29 is 4.79 Å². The molecule has 1 amide bonds. The SMILES string of the molecule is CC1CN(C(=O)Cc2ccc(Cl)c(Cl)c2)CC1N. The fourth-order valence-electron chi connectivity index (χ4n) is 2.13. The summed E-state index contributed by atoms with van der Waals surface area (Å²) in [7, 11) is 0. The maximum atomic E-state index is 12.1. The standard InChI is InChI=1S/C13H16Cl2N2O/c1-8-6-17(7-12(8)16)13(18)5-9-2-3-10(14)11(15)4-9/h2-4,8,12H,5-7,16H2,1H3. The maximum Gasteiger partial charge on any atom is 0.227 e. The molecule has 5 heteroatoms. The normalized spacial score (nSPS) is 23.4. The number of likely N-dealkylation sites (tertiary alicyclic amines) is 1. The Hall–Kier alpha value is -0.770. The van der Waals surface area contributed by atoms with Gasteiger partial charge < -0.3 is 10.6 Å². The Labute approximate surface area is 117 Å². The molecule has 2 atom stereocenters. The molecule has 0 saturated carbocycles. The first-order chi connectivity index (χ1) is 8.47. The van der Waals surface area contributed by atoms with Gasteiger partial charge in [0.25, 0.3) is 0 Å². The van der Waals surface area contributed by atoms with E-state index in [2.05, 4.69) is 6.92 Å². The average Bonchev–Trinajstić information content (AvgIpc) is 2.65. The van der Waals surface area contributed by atoms with Gasteiger partial charge in [0.2, 0.25) is 5.91 Å². The maximum absolute atomic E-state index is 12.1. The van der Waals surface area contributed by atoms with E-state index in [1.54, 1.807) is 12.1 Å². The first-order valence-electron chi connectivity index (χ1n) is 5.94. The van der Waals surface area contributed by atoms with Crippen molar-refractivity contribution in [2.24, 2.45) is 11.7 Å². The molecule has 0 spiro atoms. The summed E-state index contributed by atoms with van der Waals surface area (Å²) >= 11 is 11.8. The van der Waals surface area contributed by atoms with Crippen LogP contribution in [0.2, 0.25) is 10.0 Å². The Bertz CT molecular complexity index is 454. The van der Waals surface area contributed by atoms with Crippen molar-refractivity contribution in [1.29, 1.82) is 0 Å². The molecule has 2 N–H and O–H groups in total. The highest BCUT2D eigenvalue weighted by Gasteiger charge is 2.29. The van der Waals surface area contributed by atoms with E-state index in [1.165, 1.54) is 0 Å². The van der Waals surface area contributed by atoms with Crippen LogP contribution in [0.4, 0.5) is 0 Å². The number of nitrogens with zero attached hydrogens (tertiary/aromatic N) is 1. The number of carbonyl (C=O) groups excluding carboxylic acids is 1. The summed E-state index contributed by atoms with van der Waals surface area (Å²) in [6, 6.07) is 5.36. The first-order valence-corrected chi connectivity index (χ1v) is 6.70. The zero-order chi connectivity index (χ0) is 13.3. The fourth-order valence-corrected chi connectivity index (χ4v) is 2.45. The van der Waals surface area contributed by atoms with Gasteiger partial charge in [0, 0.05) is 19.1 Å². The van der Waals surface area contributed by atoms with Crippen LogP contribution in [0.15, 0.2) is 18.2 Å². The van der Waals surface area contributed by atoms with Crippen LogP contribution < -0.4 is 5.73 Å². The molecular formula is C13H16Cl2N2O. The lowest BCUT2D eigenvalue weighted by Gasteiger charge is -2.16. The smallest absolute Gasteiger partial charge is 0.227 e. The molecular weight excluding hydrogens is 271 g/mol. The van der Waals surface area contributed by atoms with Crippen molar-refractivity contribution in [3.05, 3.63) is 33.8 Å². The third kappa shape index (κ3) is 2.97. The number of halogens is 2. The van der Waals surface area contributed by atoms with Crippen LogP contribution >= 0.6 is 23.2 Å². The van der Waals surface area contributed by atoms with E-state index >= 15 is 0 Å². The molecule has 1 saturated heterocycles. The predicted octanol–water partition coefficient (Wildman–Crippen LogP) is 2.34. The van der Waals surface area contributed by atoms with Crippen molar-refractivity contribution >= 4 is 29.1 Å². The minimum Gasteiger partial charge on any atom is -0.341 e. The second-order valence-corrected chi connectivity index (χ2v) is 5.68. The van der Waals surface area contributed by atoms with Gasteiger partial charge in [-0.05, 0) is 23.6 Å². The van der Waals surface area contributed by atoms with Gasteiger partial charge in [0.1, 0.15) is 0 Å². The molecule has 0 radical (unpaired) electrons. The van der Waals surface area contributed by atoms with Gasteiger partial charge in [0.15, 0.2) is 0 Å². The molecule has 1 aliphatic heterocycles. The van der Waals surface area contributed by atoms with Gasteiger partial charge in [-0.3, -0.25) is 4.79 Å². The molecule has 1 fully saturated rings. The van der Waals surface area contributed by atoms with Crippen molar-refractivity contribution in [3.63, 3.8) is 0 Å². The molecule has 2 unspecified atom stereocenters. The summed E-state index contributed by atoms with van der Waals surface area (Å²) in [4.78, 5) is 13.9. The molecule has 1 aliphatic rings. The van der Waals surface area contributed by atoms with Gasteiger partial charge in [-0.25, -0.2) is 0 Å². The van der Waals surface area contributed by atoms with Crippen molar-refractivity contribution in [3.8, 4) is 0 Å². The van der Waals surface area contributed by atoms with E-state index in [9.17, 15) is 4.79 Å². The van der Waals surface area contributed by atoms with Gasteiger partial charge in [-0.2, -0.15) is 0 Å². The van der Waals surface area contributed by atoms with Crippen LogP contribution in [0, 0.1) is 5.92 Å². The highest BCUT2D eigenvalue weighted by molar-refractivity contribution is 6.42. The van der Waals surface area contributed by atoms with Crippen LogP contribution in [0.1, 0.15) is 12.5 Å². The van der Waals surface area contributed by atoms with Crippen molar-refractivity contribution in [2.75, 3.05) is 13.1 Å². The molecule has 1 aromatic rings. The van der Waals surface area contributed by atoms with Crippen LogP contribution in [-0.2, 0) is 11.2 Å². The van der Waals surface area contributed by atoms with Crippen LogP contribution in [0.3, 0.4) is 0 Å². The molecule has 2 rings (SSSR count). The lowest BCUT2D eigenvalue weighted by molar-refractivity contribution is -0.129. The summed E-state index contributed by atoms with van der Waals surface area (Å²) < 4.78 is 0. The molecule has 1 heterocycles. The van der Waals surface area contributed by atoms with Gasteiger partial charge in [0.05, 0.1) is 16.5 Å². The summed E-state index contributed by atoms with van der Waals surface area (Å²) in [6.45, 7) is 3.44. The van der Waals surface area contributed by atoms with Crippen molar-refractivity contribution in [1.82, 2.24) is 4.90 Å². The third-order valence-electron chi connectivity index (χ3n) is 3.36. The van der Waals surface area contributed by atoms with Gasteiger partial charge in [-0.1, -0.05) is 36.2 Å². The molecule has 98 valence electrons.